The van der Waals surface area contributed by atoms with Crippen LogP contribution < -0.4 is 5.32 Å². The van der Waals surface area contributed by atoms with Gasteiger partial charge >= 0.3 is 11.9 Å². The zero-order valence-electron chi connectivity index (χ0n) is 22.8. The van der Waals surface area contributed by atoms with Gasteiger partial charge in [-0.2, -0.15) is 0 Å². The van der Waals surface area contributed by atoms with Crippen LogP contribution in [0.4, 0.5) is 0 Å². The van der Waals surface area contributed by atoms with Gasteiger partial charge in [0.25, 0.3) is 5.91 Å². The molecule has 0 saturated heterocycles. The number of benzene rings is 2. The maximum Gasteiger partial charge on any atom is 0.339 e. The normalized spacial score (nSPS) is 11.6. The molecule has 0 bridgehead atoms. The molecule has 2 aromatic rings. The molecule has 1 N–H and O–H groups in total. The van der Waals surface area contributed by atoms with E-state index in [9.17, 15) is 19.2 Å². The number of allylic oxidation sites excluding steroid dienone is 2. The quantitative estimate of drug-likeness (QED) is 0.282. The minimum absolute atomic E-state index is 0.138. The van der Waals surface area contributed by atoms with Crippen LogP contribution in [-0.2, 0) is 19.1 Å². The van der Waals surface area contributed by atoms with Gasteiger partial charge in [0.1, 0.15) is 6.61 Å². The number of rotatable bonds is 14. The molecule has 0 aliphatic heterocycles. The van der Waals surface area contributed by atoms with Crippen molar-refractivity contribution in [1.29, 1.82) is 0 Å². The first kappa shape index (κ1) is 30.8. The second kappa shape index (κ2) is 15.7. The smallest absolute Gasteiger partial charge is 0.339 e. The lowest BCUT2D eigenvalue weighted by Gasteiger charge is -2.15. The van der Waals surface area contributed by atoms with Crippen LogP contribution in [0.3, 0.4) is 0 Å². The van der Waals surface area contributed by atoms with Crippen molar-refractivity contribution < 1.29 is 28.7 Å². The Kier molecular flexibility index (Phi) is 12.4. The van der Waals surface area contributed by atoms with Crippen LogP contribution in [0.15, 0.2) is 85.5 Å². The summed E-state index contributed by atoms with van der Waals surface area (Å²) in [4.78, 5) is 51.4. The highest BCUT2D eigenvalue weighted by atomic mass is 16.5. The van der Waals surface area contributed by atoms with Crippen molar-refractivity contribution in [3.63, 3.8) is 0 Å². The van der Waals surface area contributed by atoms with Gasteiger partial charge in [-0.05, 0) is 48.1 Å². The minimum atomic E-state index is -0.742. The van der Waals surface area contributed by atoms with Crippen LogP contribution >= 0.6 is 0 Å². The number of ether oxygens (including phenoxy) is 2. The van der Waals surface area contributed by atoms with Crippen molar-refractivity contribution >= 4 is 23.8 Å². The van der Waals surface area contributed by atoms with Gasteiger partial charge in [0.15, 0.2) is 6.61 Å². The molecule has 39 heavy (non-hydrogen) atoms. The second-order valence-corrected chi connectivity index (χ2v) is 9.10. The molecule has 8 heteroatoms. The molecule has 0 radical (unpaired) electrons. The molecule has 0 spiro atoms. The monoisotopic (exact) mass is 532 g/mol. The molecule has 0 heterocycles. The van der Waals surface area contributed by atoms with Crippen LogP contribution in [0, 0.1) is 5.92 Å². The predicted molar refractivity (Wildman–Crippen MR) is 151 cm³/mol. The zero-order valence-corrected chi connectivity index (χ0v) is 22.8. The summed E-state index contributed by atoms with van der Waals surface area (Å²) in [5, 5.41) is 2.43. The topological polar surface area (TPSA) is 102 Å². The number of esters is 2. The summed E-state index contributed by atoms with van der Waals surface area (Å²) < 4.78 is 10.8. The molecule has 0 aromatic heterocycles. The Bertz CT molecular complexity index is 1230. The molecule has 0 aliphatic rings. The van der Waals surface area contributed by atoms with Crippen molar-refractivity contribution in [2.75, 3.05) is 33.4 Å². The number of hydrogen-bond acceptors (Lipinski definition) is 6. The van der Waals surface area contributed by atoms with Gasteiger partial charge in [-0.3, -0.25) is 9.59 Å². The summed E-state index contributed by atoms with van der Waals surface area (Å²) in [6, 6.07) is 13.5. The molecule has 2 rings (SSSR count). The molecule has 8 nitrogen and oxygen atoms in total. The van der Waals surface area contributed by atoms with Crippen molar-refractivity contribution in [3.8, 4) is 11.1 Å². The van der Waals surface area contributed by atoms with E-state index in [0.29, 0.717) is 23.2 Å². The lowest BCUT2D eigenvalue weighted by Crippen LogP contribution is -2.39. The lowest BCUT2D eigenvalue weighted by atomic mass is 9.95. The van der Waals surface area contributed by atoms with Gasteiger partial charge in [0.2, 0.25) is 5.91 Å². The highest BCUT2D eigenvalue weighted by Gasteiger charge is 2.20. The molecule has 0 fully saturated rings. The largest absolute Gasteiger partial charge is 0.458 e. The van der Waals surface area contributed by atoms with E-state index >= 15 is 0 Å². The Labute approximate surface area is 230 Å². The van der Waals surface area contributed by atoms with E-state index in [-0.39, 0.29) is 30.5 Å². The van der Waals surface area contributed by atoms with Gasteiger partial charge in [-0.25, -0.2) is 9.59 Å². The van der Waals surface area contributed by atoms with Crippen LogP contribution in [-0.4, -0.2) is 62.0 Å². The Morgan fingerprint density at radius 3 is 1.97 bits per heavy atom. The minimum Gasteiger partial charge on any atom is -0.458 e. The van der Waals surface area contributed by atoms with E-state index in [1.54, 1.807) is 61.7 Å². The third-order valence-corrected chi connectivity index (χ3v) is 5.72. The second-order valence-electron chi connectivity index (χ2n) is 9.10. The number of nitrogens with zero attached hydrogens (tertiary/aromatic N) is 1. The third kappa shape index (κ3) is 9.74. The Morgan fingerprint density at radius 2 is 1.44 bits per heavy atom. The van der Waals surface area contributed by atoms with E-state index in [4.69, 9.17) is 9.47 Å². The fourth-order valence-corrected chi connectivity index (χ4v) is 3.78. The SMILES string of the molecule is C=CCC(C)/C=C(\C)COC(=O)c1ccccc1-c1ccccc1C(=O)OCC(=O)NCC(=O)N(C)CC=C. The highest BCUT2D eigenvalue weighted by molar-refractivity contribution is 6.03. The number of amides is 2. The predicted octanol–water partition coefficient (Wildman–Crippen LogP) is 4.59. The summed E-state index contributed by atoms with van der Waals surface area (Å²) in [6.07, 6.45) is 6.28. The van der Waals surface area contributed by atoms with E-state index in [1.165, 1.54) is 4.90 Å². The van der Waals surface area contributed by atoms with E-state index in [1.807, 2.05) is 19.1 Å². The average Bonchev–Trinajstić information content (AvgIpc) is 2.93. The molecule has 1 atom stereocenters. The Balaban J connectivity index is 2.11. The van der Waals surface area contributed by atoms with Crippen molar-refractivity contribution in [2.24, 2.45) is 5.92 Å². The standard InChI is InChI=1S/C31H36N2O6/c1-6-12-22(3)18-23(4)20-38-30(36)26-15-10-8-13-24(26)25-14-9-11-16-27(25)31(37)39-21-28(34)32-19-29(35)33(5)17-7-2/h6-11,13-16,18,22H,1-2,12,17,19-21H2,3-5H3,(H,32,34)/b23-18+. The van der Waals surface area contributed by atoms with Crippen molar-refractivity contribution in [1.82, 2.24) is 10.2 Å². The van der Waals surface area contributed by atoms with E-state index in [2.05, 4.69) is 25.4 Å². The van der Waals surface area contributed by atoms with Gasteiger partial charge < -0.3 is 19.7 Å². The number of hydrogen-bond donors (Lipinski definition) is 1. The number of likely N-dealkylation sites (N-methyl/N-ethyl adjacent to an activating group) is 1. The maximum absolute atomic E-state index is 13.0. The molecule has 2 amide bonds. The van der Waals surface area contributed by atoms with E-state index < -0.39 is 24.5 Å². The third-order valence-electron chi connectivity index (χ3n) is 5.72. The summed E-state index contributed by atoms with van der Waals surface area (Å²) in [5.74, 6) is -1.90. The number of carbonyl (C=O) groups is 4. The lowest BCUT2D eigenvalue weighted by molar-refractivity contribution is -0.132. The molecular formula is C31H36N2O6. The Morgan fingerprint density at radius 1 is 0.897 bits per heavy atom. The van der Waals surface area contributed by atoms with Crippen LogP contribution in [0.1, 0.15) is 41.0 Å². The summed E-state index contributed by atoms with van der Waals surface area (Å²) in [5.41, 5.74) is 2.36. The van der Waals surface area contributed by atoms with Gasteiger partial charge in [0, 0.05) is 13.6 Å². The fourth-order valence-electron chi connectivity index (χ4n) is 3.78. The molecule has 1 unspecified atom stereocenters. The molecule has 2 aromatic carbocycles. The van der Waals surface area contributed by atoms with E-state index in [0.717, 1.165) is 12.0 Å². The Hall–Kier alpha value is -4.46. The maximum atomic E-state index is 13.0. The summed E-state index contributed by atoms with van der Waals surface area (Å²) >= 11 is 0. The first-order valence-corrected chi connectivity index (χ1v) is 12.6. The fraction of sp³-hybridized carbons (Fsp3) is 0.290. The van der Waals surface area contributed by atoms with Crippen LogP contribution in [0.5, 0.6) is 0 Å². The summed E-state index contributed by atoms with van der Waals surface area (Å²) in [6.45, 7) is 11.0. The first-order valence-electron chi connectivity index (χ1n) is 12.6. The zero-order chi connectivity index (χ0) is 28.8. The number of carbonyl (C=O) groups excluding carboxylic acids is 4. The van der Waals surface area contributed by atoms with Crippen LogP contribution in [0.2, 0.25) is 0 Å². The van der Waals surface area contributed by atoms with Crippen molar-refractivity contribution in [2.45, 2.75) is 20.3 Å². The molecular weight excluding hydrogens is 496 g/mol. The molecule has 206 valence electrons. The van der Waals surface area contributed by atoms with Crippen molar-refractivity contribution in [3.05, 3.63) is 96.6 Å². The summed E-state index contributed by atoms with van der Waals surface area (Å²) in [7, 11) is 1.59. The molecule has 0 aliphatic carbocycles. The van der Waals surface area contributed by atoms with Gasteiger partial charge in [-0.15, -0.1) is 13.2 Å². The average molecular weight is 533 g/mol. The first-order chi connectivity index (χ1) is 18.7. The van der Waals surface area contributed by atoms with Gasteiger partial charge in [0.05, 0.1) is 17.7 Å². The van der Waals surface area contributed by atoms with Crippen LogP contribution in [0.25, 0.3) is 11.1 Å². The highest BCUT2D eigenvalue weighted by Crippen LogP contribution is 2.28. The number of nitrogens with one attached hydrogen (secondary N) is 1. The van der Waals surface area contributed by atoms with Gasteiger partial charge in [-0.1, -0.05) is 61.5 Å². The molecule has 0 saturated carbocycles.